The number of hydrogen-bond donors (Lipinski definition) is 5. The number of ether oxygens (including phenoxy) is 2. The van der Waals surface area contributed by atoms with Gasteiger partial charge in [-0.3, -0.25) is 9.59 Å². The first kappa shape index (κ1) is 27.5. The molecule has 2 amide bonds. The van der Waals surface area contributed by atoms with Crippen molar-refractivity contribution in [3.8, 4) is 11.5 Å². The van der Waals surface area contributed by atoms with E-state index in [1.807, 2.05) is 0 Å². The number of hydrogen-bond acceptors (Lipinski definition) is 7. The van der Waals surface area contributed by atoms with E-state index in [1.54, 1.807) is 36.4 Å². The van der Waals surface area contributed by atoms with E-state index in [1.165, 1.54) is 0 Å². The molecular weight excluding hydrogens is 523 g/mol. The fraction of sp³-hybridized carbons (Fsp3) is 0.462. The Bertz CT molecular complexity index is 1150. The van der Waals surface area contributed by atoms with Gasteiger partial charge in [0.15, 0.2) is 13.2 Å². The largest absolute Gasteiger partial charge is 0.484 e. The van der Waals surface area contributed by atoms with Gasteiger partial charge in [-0.2, -0.15) is 0 Å². The van der Waals surface area contributed by atoms with Gasteiger partial charge in [0.05, 0.1) is 24.9 Å². The molecule has 9 nitrogen and oxygen atoms in total. The monoisotopic (exact) mass is 552 g/mol. The SMILES string of the molecule is O=C(COc1ccc(Cl)c(CO)c1)NC12CCC(NC(=O)COc3ccc(Cl)c(CO)c3)(CC1)[C@H](O)C2. The molecule has 5 N–H and O–H groups in total. The zero-order valence-electron chi connectivity index (χ0n) is 20.1. The van der Waals surface area contributed by atoms with Gasteiger partial charge in [-0.15, -0.1) is 0 Å². The fourth-order valence-electron chi connectivity index (χ4n) is 5.13. The minimum atomic E-state index is -0.833. The lowest BCUT2D eigenvalue weighted by Crippen LogP contribution is -2.70. The molecule has 0 heterocycles. The average Bonchev–Trinajstić information content (AvgIpc) is 2.88. The van der Waals surface area contributed by atoms with Crippen molar-refractivity contribution in [2.45, 2.75) is 62.5 Å². The summed E-state index contributed by atoms with van der Waals surface area (Å²) >= 11 is 12.0. The number of halogens is 2. The Kier molecular flexibility index (Phi) is 8.50. The number of fused-ring (bicyclic) bond motifs is 3. The van der Waals surface area contributed by atoms with Gasteiger partial charge >= 0.3 is 0 Å². The van der Waals surface area contributed by atoms with Gasteiger partial charge in [-0.05, 0) is 79.6 Å². The Hall–Kier alpha value is -2.56. The predicted molar refractivity (Wildman–Crippen MR) is 137 cm³/mol. The number of amides is 2. The van der Waals surface area contributed by atoms with Gasteiger partial charge < -0.3 is 35.4 Å². The Labute approximate surface area is 224 Å². The maximum atomic E-state index is 12.6. The van der Waals surface area contributed by atoms with Gasteiger partial charge in [0.2, 0.25) is 0 Å². The number of carbonyl (C=O) groups is 2. The molecule has 200 valence electrons. The second-order valence-electron chi connectivity index (χ2n) is 9.65. The summed E-state index contributed by atoms with van der Waals surface area (Å²) in [7, 11) is 0. The number of aliphatic hydroxyl groups is 3. The summed E-state index contributed by atoms with van der Waals surface area (Å²) in [5, 5.41) is 36.4. The maximum absolute atomic E-state index is 12.6. The standard InChI is InChI=1S/C26H30Cl2N2O7/c27-20-3-1-18(9-16(20)12-31)36-14-23(34)29-25-5-7-26(8-6-25,22(33)11-25)30-24(35)15-37-19-2-4-21(28)17(10-19)13-32/h1-4,9-10,22,31-33H,5-8,11-15H2,(H,29,34)(H,30,35)/t22-,25?,26?/m1/s1. The van der Waals surface area contributed by atoms with Crippen LogP contribution in [0.2, 0.25) is 10.0 Å². The van der Waals surface area contributed by atoms with Crippen molar-refractivity contribution >= 4 is 35.0 Å². The molecule has 0 radical (unpaired) electrons. The predicted octanol–water partition coefficient (Wildman–Crippen LogP) is 2.48. The van der Waals surface area contributed by atoms with Crippen LogP contribution in [-0.2, 0) is 22.8 Å². The molecule has 5 rings (SSSR count). The summed E-state index contributed by atoms with van der Waals surface area (Å²) in [6.45, 7) is -0.942. The Morgan fingerprint density at radius 2 is 1.32 bits per heavy atom. The fourth-order valence-corrected chi connectivity index (χ4v) is 5.48. The molecule has 3 saturated carbocycles. The molecule has 0 unspecified atom stereocenters. The molecule has 3 aliphatic carbocycles. The van der Waals surface area contributed by atoms with E-state index >= 15 is 0 Å². The van der Waals surface area contributed by atoms with Gasteiger partial charge in [0.1, 0.15) is 11.5 Å². The van der Waals surface area contributed by atoms with Crippen LogP contribution in [-0.4, -0.2) is 57.5 Å². The normalized spacial score (nSPS) is 24.4. The van der Waals surface area contributed by atoms with Crippen molar-refractivity contribution in [1.82, 2.24) is 10.6 Å². The van der Waals surface area contributed by atoms with E-state index in [9.17, 15) is 24.9 Å². The van der Waals surface area contributed by atoms with Crippen molar-refractivity contribution in [3.63, 3.8) is 0 Å². The first-order chi connectivity index (χ1) is 17.7. The minimum Gasteiger partial charge on any atom is -0.484 e. The Balaban J connectivity index is 1.28. The number of carbonyl (C=O) groups excluding carboxylic acids is 2. The van der Waals surface area contributed by atoms with Crippen LogP contribution in [0.3, 0.4) is 0 Å². The summed E-state index contributed by atoms with van der Waals surface area (Å²) in [5.41, 5.74) is -0.333. The highest BCUT2D eigenvalue weighted by Gasteiger charge is 2.55. The molecule has 37 heavy (non-hydrogen) atoms. The molecular formula is C26H30Cl2N2O7. The van der Waals surface area contributed by atoms with Crippen molar-refractivity contribution in [3.05, 3.63) is 57.6 Å². The highest BCUT2D eigenvalue weighted by Crippen LogP contribution is 2.47. The van der Waals surface area contributed by atoms with Gasteiger partial charge in [-0.25, -0.2) is 0 Å². The Morgan fingerprint density at radius 3 is 1.78 bits per heavy atom. The molecule has 0 saturated heterocycles. The Morgan fingerprint density at radius 1 is 0.838 bits per heavy atom. The average molecular weight is 553 g/mol. The van der Waals surface area contributed by atoms with Crippen LogP contribution in [0.5, 0.6) is 11.5 Å². The summed E-state index contributed by atoms with van der Waals surface area (Å²) in [6.07, 6.45) is 1.70. The van der Waals surface area contributed by atoms with E-state index in [4.69, 9.17) is 32.7 Å². The highest BCUT2D eigenvalue weighted by molar-refractivity contribution is 6.31. The number of benzene rings is 2. The van der Waals surface area contributed by atoms with Gasteiger partial charge in [-0.1, -0.05) is 23.2 Å². The van der Waals surface area contributed by atoms with E-state index in [2.05, 4.69) is 10.6 Å². The molecule has 3 fully saturated rings. The molecule has 2 bridgehead atoms. The van der Waals surface area contributed by atoms with Gasteiger partial charge in [0.25, 0.3) is 11.8 Å². The van der Waals surface area contributed by atoms with Crippen LogP contribution in [0.15, 0.2) is 36.4 Å². The lowest BCUT2D eigenvalue weighted by molar-refractivity contribution is -0.137. The highest BCUT2D eigenvalue weighted by atomic mass is 35.5. The van der Waals surface area contributed by atoms with Crippen molar-refractivity contribution in [2.75, 3.05) is 13.2 Å². The van der Waals surface area contributed by atoms with E-state index in [0.29, 0.717) is 64.8 Å². The molecule has 11 heteroatoms. The smallest absolute Gasteiger partial charge is 0.258 e. The summed E-state index contributed by atoms with van der Waals surface area (Å²) in [6, 6.07) is 9.57. The molecule has 0 aromatic heterocycles. The zero-order chi connectivity index (χ0) is 26.6. The van der Waals surface area contributed by atoms with Crippen LogP contribution < -0.4 is 20.1 Å². The quantitative estimate of drug-likeness (QED) is 0.305. The van der Waals surface area contributed by atoms with Crippen LogP contribution in [0, 0.1) is 0 Å². The van der Waals surface area contributed by atoms with Crippen molar-refractivity contribution < 1.29 is 34.4 Å². The maximum Gasteiger partial charge on any atom is 0.258 e. The second-order valence-corrected chi connectivity index (χ2v) is 10.5. The first-order valence-corrected chi connectivity index (χ1v) is 12.8. The summed E-state index contributed by atoms with van der Waals surface area (Å²) < 4.78 is 11.1. The second kappa shape index (κ2) is 11.4. The van der Waals surface area contributed by atoms with Crippen LogP contribution >= 0.6 is 23.2 Å². The molecule has 3 aliphatic rings. The topological polar surface area (TPSA) is 137 Å². The molecule has 0 spiro atoms. The third-order valence-electron chi connectivity index (χ3n) is 7.23. The molecule has 2 aromatic rings. The molecule has 1 atom stereocenters. The van der Waals surface area contributed by atoms with Crippen molar-refractivity contribution in [1.29, 1.82) is 0 Å². The lowest BCUT2D eigenvalue weighted by Gasteiger charge is -2.56. The number of aliphatic hydroxyl groups excluding tert-OH is 3. The van der Waals surface area contributed by atoms with Crippen LogP contribution in [0.1, 0.15) is 43.2 Å². The molecule has 2 aromatic carbocycles. The van der Waals surface area contributed by atoms with Crippen molar-refractivity contribution in [2.24, 2.45) is 0 Å². The lowest BCUT2D eigenvalue weighted by atomic mass is 9.60. The zero-order valence-corrected chi connectivity index (χ0v) is 21.6. The number of rotatable bonds is 10. The van der Waals surface area contributed by atoms with Crippen LogP contribution in [0.25, 0.3) is 0 Å². The van der Waals surface area contributed by atoms with Crippen LogP contribution in [0.4, 0.5) is 0 Å². The third-order valence-corrected chi connectivity index (χ3v) is 7.97. The van der Waals surface area contributed by atoms with Gasteiger partial charge in [0, 0.05) is 15.6 Å². The van der Waals surface area contributed by atoms with E-state index in [0.717, 1.165) is 0 Å². The number of nitrogens with one attached hydrogen (secondary N) is 2. The minimum absolute atomic E-state index is 0.216. The summed E-state index contributed by atoms with van der Waals surface area (Å²) in [4.78, 5) is 25.3. The summed E-state index contributed by atoms with van der Waals surface area (Å²) in [5.74, 6) is 0.147. The third kappa shape index (κ3) is 6.30. The van der Waals surface area contributed by atoms with E-state index < -0.39 is 17.2 Å². The van der Waals surface area contributed by atoms with E-state index in [-0.39, 0.29) is 38.2 Å². The first-order valence-electron chi connectivity index (χ1n) is 12.0. The molecule has 0 aliphatic heterocycles.